The van der Waals surface area contributed by atoms with Crippen molar-refractivity contribution in [2.75, 3.05) is 14.2 Å². The second kappa shape index (κ2) is 8.19. The van der Waals surface area contributed by atoms with E-state index >= 15 is 0 Å². The Labute approximate surface area is 163 Å². The van der Waals surface area contributed by atoms with Gasteiger partial charge in [-0.2, -0.15) is 0 Å². The van der Waals surface area contributed by atoms with E-state index in [1.54, 1.807) is 50.8 Å². The van der Waals surface area contributed by atoms with E-state index < -0.39 is 5.91 Å². The molecule has 3 rings (SSSR count). The Morgan fingerprint density at radius 1 is 1.04 bits per heavy atom. The van der Waals surface area contributed by atoms with Crippen LogP contribution in [0.15, 0.2) is 35.7 Å². The molecular formula is C18H17N3O4S2. The molecule has 2 aromatic heterocycles. The molecule has 140 valence electrons. The summed E-state index contributed by atoms with van der Waals surface area (Å²) in [6.45, 7) is 1.75. The van der Waals surface area contributed by atoms with Gasteiger partial charge in [0.05, 0.1) is 24.8 Å². The minimum Gasteiger partial charge on any atom is -0.493 e. The van der Waals surface area contributed by atoms with Crippen LogP contribution in [-0.4, -0.2) is 31.0 Å². The van der Waals surface area contributed by atoms with Gasteiger partial charge in [-0.25, -0.2) is 4.98 Å². The fourth-order valence-corrected chi connectivity index (χ4v) is 3.92. The minimum atomic E-state index is -0.415. The molecule has 0 aliphatic heterocycles. The number of hydrazine groups is 1. The summed E-state index contributed by atoms with van der Waals surface area (Å²) in [6, 6.07) is 8.88. The van der Waals surface area contributed by atoms with Crippen molar-refractivity contribution in [1.82, 2.24) is 15.8 Å². The summed E-state index contributed by atoms with van der Waals surface area (Å²) in [5.74, 6) is 0.420. The molecule has 2 amide bonds. The number of ether oxygens (including phenoxy) is 2. The molecule has 1 aromatic carbocycles. The summed E-state index contributed by atoms with van der Waals surface area (Å²) in [6.07, 6.45) is 0. The predicted molar refractivity (Wildman–Crippen MR) is 105 cm³/mol. The normalized spacial score (nSPS) is 10.3. The molecule has 27 heavy (non-hydrogen) atoms. The Morgan fingerprint density at radius 2 is 1.78 bits per heavy atom. The van der Waals surface area contributed by atoms with Crippen LogP contribution in [0.3, 0.4) is 0 Å². The summed E-state index contributed by atoms with van der Waals surface area (Å²) in [4.78, 5) is 29.7. The van der Waals surface area contributed by atoms with Crippen LogP contribution < -0.4 is 20.3 Å². The van der Waals surface area contributed by atoms with E-state index in [1.165, 1.54) is 22.7 Å². The Balaban J connectivity index is 1.76. The molecule has 0 fully saturated rings. The summed E-state index contributed by atoms with van der Waals surface area (Å²) < 4.78 is 10.5. The summed E-state index contributed by atoms with van der Waals surface area (Å²) in [5, 5.41) is 2.46. The van der Waals surface area contributed by atoms with E-state index in [1.807, 2.05) is 6.07 Å². The first kappa shape index (κ1) is 18.9. The first-order chi connectivity index (χ1) is 13.0. The van der Waals surface area contributed by atoms with Crippen LogP contribution in [0.4, 0.5) is 0 Å². The molecule has 0 saturated heterocycles. The van der Waals surface area contributed by atoms with E-state index in [2.05, 4.69) is 15.8 Å². The Kier molecular flexibility index (Phi) is 5.72. The molecular weight excluding hydrogens is 386 g/mol. The first-order valence-corrected chi connectivity index (χ1v) is 9.57. The Hall–Kier alpha value is -2.91. The van der Waals surface area contributed by atoms with Gasteiger partial charge in [-0.1, -0.05) is 6.07 Å². The maximum Gasteiger partial charge on any atom is 0.281 e. The maximum atomic E-state index is 12.4. The van der Waals surface area contributed by atoms with Gasteiger partial charge in [0.2, 0.25) is 0 Å². The fraction of sp³-hybridized carbons (Fsp3) is 0.167. The molecule has 0 atom stereocenters. The van der Waals surface area contributed by atoms with Crippen molar-refractivity contribution >= 4 is 34.5 Å². The van der Waals surface area contributed by atoms with E-state index in [-0.39, 0.29) is 5.91 Å². The average molecular weight is 403 g/mol. The molecule has 0 aliphatic carbocycles. The highest BCUT2D eigenvalue weighted by atomic mass is 32.1. The van der Waals surface area contributed by atoms with E-state index in [0.717, 1.165) is 5.56 Å². The van der Waals surface area contributed by atoms with Gasteiger partial charge in [0.25, 0.3) is 11.8 Å². The molecule has 2 N–H and O–H groups in total. The van der Waals surface area contributed by atoms with Crippen LogP contribution >= 0.6 is 22.7 Å². The van der Waals surface area contributed by atoms with E-state index in [0.29, 0.717) is 32.0 Å². The van der Waals surface area contributed by atoms with Crippen LogP contribution in [0.25, 0.3) is 10.6 Å². The number of nitrogens with zero attached hydrogens (tertiary/aromatic N) is 1. The first-order valence-electron chi connectivity index (χ1n) is 7.87. The number of rotatable bonds is 5. The lowest BCUT2D eigenvalue weighted by molar-refractivity contribution is 0.0850. The van der Waals surface area contributed by atoms with Crippen LogP contribution in [0, 0.1) is 6.92 Å². The van der Waals surface area contributed by atoms with Gasteiger partial charge < -0.3 is 9.47 Å². The number of carbonyl (C=O) groups excluding carboxylic acids is 2. The molecule has 7 nitrogen and oxygen atoms in total. The molecule has 0 unspecified atom stereocenters. The van der Waals surface area contributed by atoms with Gasteiger partial charge >= 0.3 is 0 Å². The molecule has 0 bridgehead atoms. The Bertz CT molecular complexity index is 967. The molecule has 9 heteroatoms. The third-order valence-electron chi connectivity index (χ3n) is 3.67. The number of hydrogen-bond donors (Lipinski definition) is 2. The number of methoxy groups -OCH3 is 2. The van der Waals surface area contributed by atoms with Crippen molar-refractivity contribution in [3.8, 4) is 22.1 Å². The van der Waals surface area contributed by atoms with Crippen molar-refractivity contribution < 1.29 is 19.1 Å². The molecule has 0 aliphatic rings. The van der Waals surface area contributed by atoms with Gasteiger partial charge in [-0.05, 0) is 36.6 Å². The number of thiophene rings is 1. The fourth-order valence-electron chi connectivity index (χ4n) is 2.34. The highest BCUT2D eigenvalue weighted by Crippen LogP contribution is 2.34. The smallest absolute Gasteiger partial charge is 0.281 e. The van der Waals surface area contributed by atoms with Crippen molar-refractivity contribution in [2.45, 2.75) is 6.92 Å². The number of aromatic nitrogens is 1. The number of thiazole rings is 1. The zero-order chi connectivity index (χ0) is 19.4. The van der Waals surface area contributed by atoms with Crippen molar-refractivity contribution in [3.05, 3.63) is 51.2 Å². The molecule has 0 saturated carbocycles. The quantitative estimate of drug-likeness (QED) is 0.638. The van der Waals surface area contributed by atoms with Crippen LogP contribution in [0.5, 0.6) is 11.5 Å². The number of nitrogens with one attached hydrogen (secondary N) is 2. The minimum absolute atomic E-state index is 0.361. The number of aryl methyl sites for hydroxylation is 1. The van der Waals surface area contributed by atoms with Crippen molar-refractivity contribution in [3.63, 3.8) is 0 Å². The second-order valence-corrected chi connectivity index (χ2v) is 7.34. The number of amides is 2. The van der Waals surface area contributed by atoms with E-state index in [9.17, 15) is 9.59 Å². The molecule has 2 heterocycles. The topological polar surface area (TPSA) is 89.5 Å². The monoisotopic (exact) mass is 403 g/mol. The van der Waals surface area contributed by atoms with Gasteiger partial charge in [-0.3, -0.25) is 20.4 Å². The largest absolute Gasteiger partial charge is 0.493 e. The summed E-state index contributed by atoms with van der Waals surface area (Å²) in [7, 11) is 3.13. The predicted octanol–water partition coefficient (Wildman–Crippen LogP) is 3.27. The lowest BCUT2D eigenvalue weighted by atomic mass is 10.2. The SMILES string of the molecule is COc1ccc(-c2nc(C)c(C(=O)NNC(=O)c3cccs3)s2)cc1OC. The van der Waals surface area contributed by atoms with Gasteiger partial charge in [0, 0.05) is 5.56 Å². The van der Waals surface area contributed by atoms with Crippen molar-refractivity contribution in [1.29, 1.82) is 0 Å². The molecule has 0 spiro atoms. The lowest BCUT2D eigenvalue weighted by Crippen LogP contribution is -2.41. The zero-order valence-corrected chi connectivity index (χ0v) is 16.5. The van der Waals surface area contributed by atoms with Crippen LogP contribution in [0.2, 0.25) is 0 Å². The van der Waals surface area contributed by atoms with Gasteiger partial charge in [-0.15, -0.1) is 22.7 Å². The maximum absolute atomic E-state index is 12.4. The van der Waals surface area contributed by atoms with Gasteiger partial charge in [0.15, 0.2) is 11.5 Å². The summed E-state index contributed by atoms with van der Waals surface area (Å²) >= 11 is 2.53. The summed E-state index contributed by atoms with van der Waals surface area (Å²) in [5.41, 5.74) is 6.22. The third-order valence-corrected chi connectivity index (χ3v) is 5.74. The zero-order valence-electron chi connectivity index (χ0n) is 14.9. The molecule has 3 aromatic rings. The van der Waals surface area contributed by atoms with Crippen LogP contribution in [-0.2, 0) is 0 Å². The highest BCUT2D eigenvalue weighted by molar-refractivity contribution is 7.17. The number of carbonyl (C=O) groups is 2. The van der Waals surface area contributed by atoms with Crippen molar-refractivity contribution in [2.24, 2.45) is 0 Å². The average Bonchev–Trinajstić information content (AvgIpc) is 3.35. The Morgan fingerprint density at radius 3 is 2.44 bits per heavy atom. The number of benzene rings is 1. The molecule has 0 radical (unpaired) electrons. The number of hydrogen-bond acceptors (Lipinski definition) is 7. The van der Waals surface area contributed by atoms with Crippen LogP contribution in [0.1, 0.15) is 25.0 Å². The third kappa shape index (κ3) is 4.09. The van der Waals surface area contributed by atoms with Gasteiger partial charge in [0.1, 0.15) is 9.88 Å². The second-order valence-electron chi connectivity index (χ2n) is 5.39. The van der Waals surface area contributed by atoms with E-state index in [4.69, 9.17) is 9.47 Å². The lowest BCUT2D eigenvalue weighted by Gasteiger charge is -2.08. The standard InChI is InChI=1S/C18H17N3O4S2/c1-10-15(17(23)21-20-16(22)14-5-4-8-26-14)27-18(19-10)11-6-7-12(24-2)13(9-11)25-3/h4-9H,1-3H3,(H,20,22)(H,21,23). The highest BCUT2D eigenvalue weighted by Gasteiger charge is 2.18.